The molecular weight excluding hydrogens is 211 g/mol. The van der Waals surface area contributed by atoms with E-state index in [-0.39, 0.29) is 16.1 Å². The van der Waals surface area contributed by atoms with Gasteiger partial charge in [-0.15, -0.1) is 0 Å². The van der Waals surface area contributed by atoms with Crippen LogP contribution in [0.4, 0.5) is 4.39 Å². The molecule has 1 aromatic heterocycles. The Morgan fingerprint density at radius 3 is 2.50 bits per heavy atom. The Hall–Kier alpha value is -1.62. The number of aromatic amines is 2. The van der Waals surface area contributed by atoms with E-state index >= 15 is 0 Å². The van der Waals surface area contributed by atoms with Crippen LogP contribution in [0.15, 0.2) is 21.7 Å². The molecule has 0 aliphatic carbocycles. The molecule has 0 bridgehead atoms. The molecule has 0 aliphatic heterocycles. The summed E-state index contributed by atoms with van der Waals surface area (Å²) in [6, 6.07) is 2.14. The van der Waals surface area contributed by atoms with E-state index in [1.54, 1.807) is 0 Å². The molecule has 6 heteroatoms. The Balaban J connectivity index is 3.03. The quantitative estimate of drug-likeness (QED) is 0.643. The standard InChI is InChI=1S/C8H4ClFN2O2/c9-4-1-3(10)2-5-6(4)12-8(14)7(13)11-5/h1-2H,(H,11,13)(H,12,14). The lowest BCUT2D eigenvalue weighted by Gasteiger charge is -1.99. The van der Waals surface area contributed by atoms with Crippen molar-refractivity contribution in [1.29, 1.82) is 0 Å². The fourth-order valence-corrected chi connectivity index (χ4v) is 1.40. The molecule has 0 radical (unpaired) electrons. The maximum atomic E-state index is 12.8. The van der Waals surface area contributed by atoms with Crippen molar-refractivity contribution in [3.63, 3.8) is 0 Å². The zero-order chi connectivity index (χ0) is 10.3. The van der Waals surface area contributed by atoms with Gasteiger partial charge in [-0.2, -0.15) is 0 Å². The van der Waals surface area contributed by atoms with Crippen molar-refractivity contribution in [3.8, 4) is 0 Å². The monoisotopic (exact) mass is 214 g/mol. The van der Waals surface area contributed by atoms with E-state index in [1.165, 1.54) is 0 Å². The van der Waals surface area contributed by atoms with Gasteiger partial charge >= 0.3 is 11.1 Å². The van der Waals surface area contributed by atoms with Crippen LogP contribution in [0, 0.1) is 5.82 Å². The number of rotatable bonds is 0. The molecule has 0 aliphatic rings. The van der Waals surface area contributed by atoms with E-state index in [1.807, 2.05) is 0 Å². The molecule has 72 valence electrons. The van der Waals surface area contributed by atoms with Crippen LogP contribution in [-0.2, 0) is 0 Å². The lowest BCUT2D eigenvalue weighted by molar-refractivity contribution is 0.629. The van der Waals surface area contributed by atoms with Crippen LogP contribution in [-0.4, -0.2) is 9.97 Å². The summed E-state index contributed by atoms with van der Waals surface area (Å²) in [5.41, 5.74) is -1.26. The van der Waals surface area contributed by atoms with Crippen LogP contribution in [0.2, 0.25) is 5.02 Å². The lowest BCUT2D eigenvalue weighted by atomic mass is 10.3. The van der Waals surface area contributed by atoms with Gasteiger partial charge in [0.05, 0.1) is 16.1 Å². The lowest BCUT2D eigenvalue weighted by Crippen LogP contribution is -2.29. The smallest absolute Gasteiger partial charge is 0.314 e. The maximum Gasteiger partial charge on any atom is 0.314 e. The molecule has 1 heterocycles. The normalized spacial score (nSPS) is 10.7. The topological polar surface area (TPSA) is 65.7 Å². The zero-order valence-electron chi connectivity index (χ0n) is 6.73. The molecule has 2 rings (SSSR count). The zero-order valence-corrected chi connectivity index (χ0v) is 7.48. The summed E-state index contributed by atoms with van der Waals surface area (Å²) in [4.78, 5) is 26.3. The average Bonchev–Trinajstić information content (AvgIpc) is 2.08. The first-order chi connectivity index (χ1) is 6.58. The Labute approximate surface area is 81.3 Å². The van der Waals surface area contributed by atoms with Gasteiger partial charge in [0.1, 0.15) is 5.82 Å². The number of fused-ring (bicyclic) bond motifs is 1. The van der Waals surface area contributed by atoms with E-state index in [0.29, 0.717) is 0 Å². The number of benzene rings is 1. The number of hydrogen-bond donors (Lipinski definition) is 2. The molecule has 2 aromatic rings. The van der Waals surface area contributed by atoms with Gasteiger partial charge < -0.3 is 9.97 Å². The Bertz CT molecular complexity index is 617. The van der Waals surface area contributed by atoms with Gasteiger partial charge in [-0.25, -0.2) is 4.39 Å². The highest BCUT2D eigenvalue weighted by molar-refractivity contribution is 6.34. The SMILES string of the molecule is O=c1[nH]c2cc(F)cc(Cl)c2[nH]c1=O. The summed E-state index contributed by atoms with van der Waals surface area (Å²) in [5, 5.41) is 0.0494. The molecule has 14 heavy (non-hydrogen) atoms. The van der Waals surface area contributed by atoms with E-state index < -0.39 is 16.9 Å². The first kappa shape index (κ1) is 8.96. The second-order valence-corrected chi connectivity index (χ2v) is 3.13. The van der Waals surface area contributed by atoms with Crippen LogP contribution < -0.4 is 11.1 Å². The molecular formula is C8H4ClFN2O2. The van der Waals surface area contributed by atoms with Gasteiger partial charge in [0.2, 0.25) is 0 Å². The third-order valence-corrected chi connectivity index (χ3v) is 2.05. The molecule has 0 amide bonds. The summed E-state index contributed by atoms with van der Waals surface area (Å²) >= 11 is 5.65. The predicted octanol–water partition coefficient (Wildman–Crippen LogP) is 1.01. The van der Waals surface area contributed by atoms with E-state index in [0.717, 1.165) is 12.1 Å². The Morgan fingerprint density at radius 2 is 1.79 bits per heavy atom. The minimum Gasteiger partial charge on any atom is -0.316 e. The average molecular weight is 215 g/mol. The number of nitrogens with one attached hydrogen (secondary N) is 2. The summed E-state index contributed by atoms with van der Waals surface area (Å²) in [6.07, 6.45) is 0. The minimum atomic E-state index is -0.834. The molecule has 0 spiro atoms. The number of aromatic nitrogens is 2. The minimum absolute atomic E-state index is 0.0494. The summed E-state index contributed by atoms with van der Waals surface area (Å²) in [7, 11) is 0. The molecule has 0 unspecified atom stereocenters. The van der Waals surface area contributed by atoms with Crippen LogP contribution >= 0.6 is 11.6 Å². The number of hydrogen-bond acceptors (Lipinski definition) is 2. The van der Waals surface area contributed by atoms with Crippen LogP contribution in [0.3, 0.4) is 0 Å². The van der Waals surface area contributed by atoms with Crippen molar-refractivity contribution in [3.05, 3.63) is 43.7 Å². The molecule has 2 N–H and O–H groups in total. The Morgan fingerprint density at radius 1 is 1.14 bits per heavy atom. The van der Waals surface area contributed by atoms with E-state index in [9.17, 15) is 14.0 Å². The highest BCUT2D eigenvalue weighted by atomic mass is 35.5. The number of H-pyrrole nitrogens is 2. The highest BCUT2D eigenvalue weighted by Crippen LogP contribution is 2.19. The maximum absolute atomic E-state index is 12.8. The summed E-state index contributed by atoms with van der Waals surface area (Å²) in [6.45, 7) is 0. The fraction of sp³-hybridized carbons (Fsp3) is 0. The highest BCUT2D eigenvalue weighted by Gasteiger charge is 2.05. The van der Waals surface area contributed by atoms with Crippen molar-refractivity contribution in [1.82, 2.24) is 9.97 Å². The molecule has 0 saturated heterocycles. The van der Waals surface area contributed by atoms with E-state index in [2.05, 4.69) is 9.97 Å². The van der Waals surface area contributed by atoms with Gasteiger partial charge in [0.25, 0.3) is 0 Å². The van der Waals surface area contributed by atoms with Crippen molar-refractivity contribution in [2.24, 2.45) is 0 Å². The first-order valence-electron chi connectivity index (χ1n) is 3.69. The number of halogens is 2. The summed E-state index contributed by atoms with van der Waals surface area (Å²) < 4.78 is 12.8. The van der Waals surface area contributed by atoms with Gasteiger partial charge in [-0.05, 0) is 12.1 Å². The van der Waals surface area contributed by atoms with Crippen molar-refractivity contribution in [2.45, 2.75) is 0 Å². The third-order valence-electron chi connectivity index (χ3n) is 1.75. The Kier molecular flexibility index (Phi) is 1.89. The van der Waals surface area contributed by atoms with Crippen molar-refractivity contribution >= 4 is 22.6 Å². The van der Waals surface area contributed by atoms with Gasteiger partial charge in [0.15, 0.2) is 0 Å². The molecule has 0 fully saturated rings. The van der Waals surface area contributed by atoms with Gasteiger partial charge in [0, 0.05) is 0 Å². The van der Waals surface area contributed by atoms with Crippen LogP contribution in [0.25, 0.3) is 11.0 Å². The van der Waals surface area contributed by atoms with Gasteiger partial charge in [-0.3, -0.25) is 9.59 Å². The van der Waals surface area contributed by atoms with E-state index in [4.69, 9.17) is 11.6 Å². The molecule has 4 nitrogen and oxygen atoms in total. The second kappa shape index (κ2) is 2.95. The third kappa shape index (κ3) is 1.31. The van der Waals surface area contributed by atoms with Crippen LogP contribution in [0.5, 0.6) is 0 Å². The molecule has 0 saturated carbocycles. The fourth-order valence-electron chi connectivity index (χ4n) is 1.15. The second-order valence-electron chi connectivity index (χ2n) is 2.72. The van der Waals surface area contributed by atoms with Crippen molar-refractivity contribution < 1.29 is 4.39 Å². The molecule has 0 atom stereocenters. The predicted molar refractivity (Wildman–Crippen MR) is 50.2 cm³/mol. The largest absolute Gasteiger partial charge is 0.316 e. The van der Waals surface area contributed by atoms with Crippen molar-refractivity contribution in [2.75, 3.05) is 0 Å². The van der Waals surface area contributed by atoms with Crippen LogP contribution in [0.1, 0.15) is 0 Å². The first-order valence-corrected chi connectivity index (χ1v) is 4.07. The molecule has 1 aromatic carbocycles. The summed E-state index contributed by atoms with van der Waals surface area (Å²) in [5.74, 6) is -0.579. The van der Waals surface area contributed by atoms with Gasteiger partial charge in [-0.1, -0.05) is 11.6 Å².